The Bertz CT molecular complexity index is 644. The van der Waals surface area contributed by atoms with E-state index in [1.807, 2.05) is 0 Å². The van der Waals surface area contributed by atoms with E-state index < -0.39 is 5.97 Å². The molecule has 0 saturated heterocycles. The van der Waals surface area contributed by atoms with Gasteiger partial charge in [-0.15, -0.1) is 0 Å². The van der Waals surface area contributed by atoms with Gasteiger partial charge in [-0.25, -0.2) is 0 Å². The van der Waals surface area contributed by atoms with Crippen molar-refractivity contribution < 1.29 is 19.1 Å². The van der Waals surface area contributed by atoms with Crippen molar-refractivity contribution in [2.75, 3.05) is 13.1 Å². The molecule has 1 aliphatic carbocycles. The van der Waals surface area contributed by atoms with Crippen molar-refractivity contribution in [3.63, 3.8) is 0 Å². The molecular weight excluding hydrogens is 308 g/mol. The van der Waals surface area contributed by atoms with Gasteiger partial charge in [-0.3, -0.25) is 14.4 Å². The second kappa shape index (κ2) is 8.86. The molecule has 0 heterocycles. The van der Waals surface area contributed by atoms with Gasteiger partial charge in [0, 0.05) is 31.7 Å². The molecule has 0 radical (unpaired) electrons. The zero-order valence-corrected chi connectivity index (χ0v) is 13.8. The molecule has 0 unspecified atom stereocenters. The molecule has 6 nitrogen and oxygen atoms in total. The first-order valence-electron chi connectivity index (χ1n) is 8.08. The van der Waals surface area contributed by atoms with Crippen molar-refractivity contribution in [2.45, 2.75) is 32.6 Å². The van der Waals surface area contributed by atoms with Crippen molar-refractivity contribution in [2.24, 2.45) is 0 Å². The fraction of sp³-hybridized carbons (Fsp3) is 0.389. The van der Waals surface area contributed by atoms with Crippen LogP contribution in [0.25, 0.3) is 0 Å². The molecule has 1 aliphatic rings. The maximum atomic E-state index is 12.0. The molecule has 128 valence electrons. The van der Waals surface area contributed by atoms with Gasteiger partial charge in [0.25, 0.3) is 5.91 Å². The van der Waals surface area contributed by atoms with Crippen LogP contribution in [-0.2, 0) is 9.59 Å². The van der Waals surface area contributed by atoms with E-state index >= 15 is 0 Å². The third-order valence-electron chi connectivity index (χ3n) is 3.65. The highest BCUT2D eigenvalue weighted by Gasteiger charge is 2.09. The highest BCUT2D eigenvalue weighted by atomic mass is 16.5. The summed E-state index contributed by atoms with van der Waals surface area (Å²) in [7, 11) is 0. The van der Waals surface area contributed by atoms with E-state index in [9.17, 15) is 14.4 Å². The molecule has 0 aromatic heterocycles. The predicted octanol–water partition coefficient (Wildman–Crippen LogP) is 1.96. The molecule has 0 spiro atoms. The summed E-state index contributed by atoms with van der Waals surface area (Å²) in [5, 5.41) is 5.47. The number of allylic oxidation sites excluding steroid dienone is 1. The normalized spacial score (nSPS) is 13.3. The number of carbonyl (C=O) groups is 3. The Hall–Kier alpha value is -2.63. The molecule has 1 saturated carbocycles. The fourth-order valence-corrected chi connectivity index (χ4v) is 2.54. The number of esters is 1. The van der Waals surface area contributed by atoms with Gasteiger partial charge in [-0.2, -0.15) is 0 Å². The Morgan fingerprint density at radius 1 is 1.12 bits per heavy atom. The van der Waals surface area contributed by atoms with Gasteiger partial charge in [0.05, 0.1) is 0 Å². The summed E-state index contributed by atoms with van der Waals surface area (Å²) >= 11 is 0. The molecule has 0 bridgehead atoms. The number of rotatable bonds is 6. The minimum absolute atomic E-state index is 0.113. The fourth-order valence-electron chi connectivity index (χ4n) is 2.54. The van der Waals surface area contributed by atoms with Crippen LogP contribution >= 0.6 is 0 Å². The highest BCUT2D eigenvalue weighted by Crippen LogP contribution is 2.23. The van der Waals surface area contributed by atoms with E-state index in [1.54, 1.807) is 24.3 Å². The Labute approximate surface area is 141 Å². The zero-order chi connectivity index (χ0) is 17.4. The molecule has 1 fully saturated rings. The largest absolute Gasteiger partial charge is 0.427 e. The van der Waals surface area contributed by atoms with Gasteiger partial charge in [-0.05, 0) is 43.9 Å². The van der Waals surface area contributed by atoms with Crippen molar-refractivity contribution in [3.8, 4) is 5.75 Å². The zero-order valence-electron chi connectivity index (χ0n) is 13.8. The van der Waals surface area contributed by atoms with Gasteiger partial charge < -0.3 is 15.4 Å². The van der Waals surface area contributed by atoms with E-state index in [4.69, 9.17) is 4.74 Å². The van der Waals surface area contributed by atoms with Crippen LogP contribution < -0.4 is 15.4 Å². The number of carbonyl (C=O) groups excluding carboxylic acids is 3. The minimum Gasteiger partial charge on any atom is -0.427 e. The van der Waals surface area contributed by atoms with E-state index in [2.05, 4.69) is 10.6 Å². The van der Waals surface area contributed by atoms with Crippen LogP contribution in [0, 0.1) is 0 Å². The van der Waals surface area contributed by atoms with Gasteiger partial charge in [0.2, 0.25) is 5.91 Å². The van der Waals surface area contributed by atoms with E-state index in [0.717, 1.165) is 25.7 Å². The van der Waals surface area contributed by atoms with Crippen LogP contribution in [0.1, 0.15) is 43.0 Å². The Morgan fingerprint density at radius 2 is 1.83 bits per heavy atom. The Kier molecular flexibility index (Phi) is 6.54. The van der Waals surface area contributed by atoms with Crippen LogP contribution in [0.15, 0.2) is 35.9 Å². The Balaban J connectivity index is 1.74. The number of hydrogen-bond acceptors (Lipinski definition) is 4. The van der Waals surface area contributed by atoms with Crippen molar-refractivity contribution in [1.29, 1.82) is 0 Å². The number of ether oxygens (including phenoxy) is 1. The maximum Gasteiger partial charge on any atom is 0.308 e. The summed E-state index contributed by atoms with van der Waals surface area (Å²) in [5.41, 5.74) is 1.59. The lowest BCUT2D eigenvalue weighted by Gasteiger charge is -2.07. The SMILES string of the molecule is CC(=O)Oc1cccc(C(=O)NCCNC(=O)C=C2CCCC2)c1. The number of amides is 2. The van der Waals surface area contributed by atoms with Gasteiger partial charge >= 0.3 is 5.97 Å². The molecule has 2 rings (SSSR count). The molecule has 2 N–H and O–H groups in total. The lowest BCUT2D eigenvalue weighted by molar-refractivity contribution is -0.131. The molecule has 0 aliphatic heterocycles. The number of benzene rings is 1. The highest BCUT2D eigenvalue weighted by molar-refractivity contribution is 5.94. The number of nitrogens with one attached hydrogen (secondary N) is 2. The molecule has 24 heavy (non-hydrogen) atoms. The standard InChI is InChI=1S/C18H22N2O4/c1-13(21)24-16-8-4-7-15(12-16)18(23)20-10-9-19-17(22)11-14-5-2-3-6-14/h4,7-8,11-12H,2-3,5-6,9-10H2,1H3,(H,19,22)(H,20,23). The molecule has 6 heteroatoms. The first-order chi connectivity index (χ1) is 11.5. The molecule has 2 amide bonds. The van der Waals surface area contributed by atoms with Crippen LogP contribution in [0.4, 0.5) is 0 Å². The first-order valence-corrected chi connectivity index (χ1v) is 8.08. The van der Waals surface area contributed by atoms with Crippen LogP contribution in [0.3, 0.4) is 0 Å². The summed E-state index contributed by atoms with van der Waals surface area (Å²) in [6, 6.07) is 6.38. The van der Waals surface area contributed by atoms with Crippen LogP contribution in [0.2, 0.25) is 0 Å². The maximum absolute atomic E-state index is 12.0. The van der Waals surface area contributed by atoms with Gasteiger partial charge in [-0.1, -0.05) is 11.6 Å². The van der Waals surface area contributed by atoms with Crippen molar-refractivity contribution in [1.82, 2.24) is 10.6 Å². The molecule has 1 aromatic carbocycles. The average Bonchev–Trinajstić information content (AvgIpc) is 3.04. The third kappa shape index (κ3) is 5.87. The molecule has 0 atom stereocenters. The van der Waals surface area contributed by atoms with E-state index in [0.29, 0.717) is 24.4 Å². The van der Waals surface area contributed by atoms with E-state index in [1.165, 1.54) is 18.6 Å². The lowest BCUT2D eigenvalue weighted by Crippen LogP contribution is -2.34. The van der Waals surface area contributed by atoms with Gasteiger partial charge in [0.15, 0.2) is 0 Å². The first kappa shape index (κ1) is 17.7. The lowest BCUT2D eigenvalue weighted by atomic mass is 10.2. The topological polar surface area (TPSA) is 84.5 Å². The van der Waals surface area contributed by atoms with Crippen LogP contribution in [0.5, 0.6) is 5.75 Å². The average molecular weight is 330 g/mol. The summed E-state index contributed by atoms with van der Waals surface area (Å²) < 4.78 is 4.94. The predicted molar refractivity (Wildman–Crippen MR) is 89.6 cm³/mol. The third-order valence-corrected chi connectivity index (χ3v) is 3.65. The molecular formula is C18H22N2O4. The second-order valence-electron chi connectivity index (χ2n) is 5.68. The van der Waals surface area contributed by atoms with Crippen molar-refractivity contribution in [3.05, 3.63) is 41.5 Å². The van der Waals surface area contributed by atoms with Crippen LogP contribution in [-0.4, -0.2) is 30.9 Å². The number of hydrogen-bond donors (Lipinski definition) is 2. The second-order valence-corrected chi connectivity index (χ2v) is 5.68. The summed E-state index contributed by atoms with van der Waals surface area (Å²) in [6.07, 6.45) is 5.98. The smallest absolute Gasteiger partial charge is 0.308 e. The summed E-state index contributed by atoms with van der Waals surface area (Å²) in [6.45, 7) is 1.99. The van der Waals surface area contributed by atoms with Crippen molar-refractivity contribution >= 4 is 17.8 Å². The van der Waals surface area contributed by atoms with E-state index in [-0.39, 0.29) is 11.8 Å². The monoisotopic (exact) mass is 330 g/mol. The Morgan fingerprint density at radius 3 is 2.54 bits per heavy atom. The summed E-state index contributed by atoms with van der Waals surface area (Å²) in [4.78, 5) is 34.7. The quantitative estimate of drug-likeness (QED) is 0.361. The minimum atomic E-state index is -0.438. The summed E-state index contributed by atoms with van der Waals surface area (Å²) in [5.74, 6) is -0.510. The molecule has 1 aromatic rings. The van der Waals surface area contributed by atoms with Gasteiger partial charge in [0.1, 0.15) is 5.75 Å².